The molecule has 2 atom stereocenters. The van der Waals surface area contributed by atoms with Gasteiger partial charge in [0.1, 0.15) is 0 Å². The van der Waals surface area contributed by atoms with Gasteiger partial charge in [0, 0.05) is 25.9 Å². The number of rotatable bonds is 6. The van der Waals surface area contributed by atoms with Gasteiger partial charge in [-0.3, -0.25) is 0 Å². The second-order valence-corrected chi connectivity index (χ2v) is 5.49. The first kappa shape index (κ1) is 13.3. The summed E-state index contributed by atoms with van der Waals surface area (Å²) < 4.78 is 11.1. The van der Waals surface area contributed by atoms with E-state index in [-0.39, 0.29) is 0 Å². The Kier molecular flexibility index (Phi) is 5.75. The Hall–Kier alpha value is -0.120. The predicted octanol–water partition coefficient (Wildman–Crippen LogP) is 2.35. The van der Waals surface area contributed by atoms with Crippen LogP contribution in [0.5, 0.6) is 0 Å². The van der Waals surface area contributed by atoms with Crippen molar-refractivity contribution in [1.29, 1.82) is 0 Å². The first-order valence-corrected chi connectivity index (χ1v) is 7.25. The second kappa shape index (κ2) is 7.34. The van der Waals surface area contributed by atoms with E-state index in [0.717, 1.165) is 25.7 Å². The molecular formula is C14H27NO2. The molecule has 0 aromatic rings. The number of nitrogens with one attached hydrogen (secondary N) is 1. The van der Waals surface area contributed by atoms with E-state index in [1.807, 2.05) is 0 Å². The lowest BCUT2D eigenvalue weighted by molar-refractivity contribution is 0.0586. The summed E-state index contributed by atoms with van der Waals surface area (Å²) in [5.41, 5.74) is 0. The summed E-state index contributed by atoms with van der Waals surface area (Å²) in [6.07, 6.45) is 9.37. The molecule has 0 bridgehead atoms. The third-order valence-corrected chi connectivity index (χ3v) is 4.23. The molecule has 0 radical (unpaired) electrons. The Morgan fingerprint density at radius 3 is 2.65 bits per heavy atom. The van der Waals surface area contributed by atoms with Gasteiger partial charge in [0.2, 0.25) is 0 Å². The predicted molar refractivity (Wildman–Crippen MR) is 69.2 cm³/mol. The highest BCUT2D eigenvalue weighted by Gasteiger charge is 2.21. The SMILES string of the molecule is CNC(CCC1CCCO1)CC1CCOCC1. The standard InChI is InChI=1S/C14H27NO2/c1-15-13(4-5-14-3-2-8-17-14)11-12-6-9-16-10-7-12/h12-15H,2-11H2,1H3. The third kappa shape index (κ3) is 4.57. The summed E-state index contributed by atoms with van der Waals surface area (Å²) in [6, 6.07) is 0.669. The highest BCUT2D eigenvalue weighted by Crippen LogP contribution is 2.24. The molecule has 2 aliphatic rings. The average molecular weight is 241 g/mol. The summed E-state index contributed by atoms with van der Waals surface area (Å²) in [7, 11) is 2.10. The molecule has 2 unspecified atom stereocenters. The van der Waals surface area contributed by atoms with E-state index in [0.29, 0.717) is 12.1 Å². The molecule has 2 aliphatic heterocycles. The molecule has 0 amide bonds. The van der Waals surface area contributed by atoms with E-state index in [2.05, 4.69) is 12.4 Å². The Morgan fingerprint density at radius 1 is 1.18 bits per heavy atom. The highest BCUT2D eigenvalue weighted by molar-refractivity contribution is 4.75. The maximum Gasteiger partial charge on any atom is 0.0576 e. The second-order valence-electron chi connectivity index (χ2n) is 5.49. The quantitative estimate of drug-likeness (QED) is 0.774. The minimum absolute atomic E-state index is 0.542. The fourth-order valence-corrected chi connectivity index (χ4v) is 3.02. The van der Waals surface area contributed by atoms with Crippen molar-refractivity contribution in [2.75, 3.05) is 26.9 Å². The number of hydrogen-bond donors (Lipinski definition) is 1. The van der Waals surface area contributed by atoms with Crippen LogP contribution in [0.4, 0.5) is 0 Å². The monoisotopic (exact) mass is 241 g/mol. The van der Waals surface area contributed by atoms with Crippen LogP contribution in [0.25, 0.3) is 0 Å². The van der Waals surface area contributed by atoms with Gasteiger partial charge in [-0.15, -0.1) is 0 Å². The normalized spacial score (nSPS) is 28.4. The van der Waals surface area contributed by atoms with Gasteiger partial charge in [0.15, 0.2) is 0 Å². The smallest absolute Gasteiger partial charge is 0.0576 e. The summed E-state index contributed by atoms with van der Waals surface area (Å²) in [5.74, 6) is 0.866. The fraction of sp³-hybridized carbons (Fsp3) is 1.00. The zero-order valence-corrected chi connectivity index (χ0v) is 11.1. The van der Waals surface area contributed by atoms with Gasteiger partial charge in [0.25, 0.3) is 0 Å². The van der Waals surface area contributed by atoms with Gasteiger partial charge >= 0.3 is 0 Å². The Bertz CT molecular complexity index is 198. The maximum absolute atomic E-state index is 5.69. The van der Waals surface area contributed by atoms with E-state index in [1.165, 1.54) is 44.9 Å². The zero-order valence-electron chi connectivity index (χ0n) is 11.1. The van der Waals surface area contributed by atoms with Gasteiger partial charge in [-0.05, 0) is 57.9 Å². The molecule has 0 aliphatic carbocycles. The lowest BCUT2D eigenvalue weighted by Gasteiger charge is -2.27. The van der Waals surface area contributed by atoms with Crippen LogP contribution in [-0.4, -0.2) is 39.0 Å². The molecule has 0 aromatic carbocycles. The summed E-state index contributed by atoms with van der Waals surface area (Å²) in [4.78, 5) is 0. The Labute approximate surface area is 105 Å². The van der Waals surface area contributed by atoms with Crippen molar-refractivity contribution < 1.29 is 9.47 Å². The van der Waals surface area contributed by atoms with Crippen LogP contribution in [0.3, 0.4) is 0 Å². The van der Waals surface area contributed by atoms with Crippen molar-refractivity contribution in [3.8, 4) is 0 Å². The molecule has 2 fully saturated rings. The Balaban J connectivity index is 1.64. The molecule has 3 heteroatoms. The van der Waals surface area contributed by atoms with E-state index < -0.39 is 0 Å². The largest absolute Gasteiger partial charge is 0.381 e. The van der Waals surface area contributed by atoms with Crippen molar-refractivity contribution in [3.63, 3.8) is 0 Å². The zero-order chi connectivity index (χ0) is 11.9. The van der Waals surface area contributed by atoms with Crippen LogP contribution in [0.15, 0.2) is 0 Å². The molecule has 2 saturated heterocycles. The number of ether oxygens (including phenoxy) is 2. The summed E-state index contributed by atoms with van der Waals surface area (Å²) >= 11 is 0. The first-order chi connectivity index (χ1) is 8.38. The van der Waals surface area contributed by atoms with Crippen molar-refractivity contribution in [2.45, 2.75) is 57.1 Å². The van der Waals surface area contributed by atoms with E-state index in [1.54, 1.807) is 0 Å². The van der Waals surface area contributed by atoms with Gasteiger partial charge < -0.3 is 14.8 Å². The minimum Gasteiger partial charge on any atom is -0.381 e. The Morgan fingerprint density at radius 2 is 2.00 bits per heavy atom. The molecule has 3 nitrogen and oxygen atoms in total. The lowest BCUT2D eigenvalue weighted by atomic mass is 9.90. The van der Waals surface area contributed by atoms with Gasteiger partial charge in [-0.2, -0.15) is 0 Å². The van der Waals surface area contributed by atoms with Crippen LogP contribution >= 0.6 is 0 Å². The van der Waals surface area contributed by atoms with Crippen molar-refractivity contribution in [1.82, 2.24) is 5.32 Å². The lowest BCUT2D eigenvalue weighted by Crippen LogP contribution is -2.31. The molecule has 17 heavy (non-hydrogen) atoms. The van der Waals surface area contributed by atoms with Crippen LogP contribution in [-0.2, 0) is 9.47 Å². The first-order valence-electron chi connectivity index (χ1n) is 7.25. The van der Waals surface area contributed by atoms with Crippen LogP contribution in [0.1, 0.15) is 44.9 Å². The van der Waals surface area contributed by atoms with Gasteiger partial charge in [-0.1, -0.05) is 0 Å². The van der Waals surface area contributed by atoms with Crippen LogP contribution < -0.4 is 5.32 Å². The maximum atomic E-state index is 5.69. The average Bonchev–Trinajstić information content (AvgIpc) is 2.89. The molecule has 2 heterocycles. The van der Waals surface area contributed by atoms with Gasteiger partial charge in [-0.25, -0.2) is 0 Å². The molecule has 0 aromatic heterocycles. The molecule has 100 valence electrons. The summed E-state index contributed by atoms with van der Waals surface area (Å²) in [6.45, 7) is 2.91. The number of hydrogen-bond acceptors (Lipinski definition) is 3. The molecule has 0 spiro atoms. The van der Waals surface area contributed by atoms with Gasteiger partial charge in [0.05, 0.1) is 6.10 Å². The van der Waals surface area contributed by atoms with Crippen LogP contribution in [0.2, 0.25) is 0 Å². The minimum atomic E-state index is 0.542. The fourth-order valence-electron chi connectivity index (χ4n) is 3.02. The molecular weight excluding hydrogens is 214 g/mol. The van der Waals surface area contributed by atoms with Crippen molar-refractivity contribution in [2.24, 2.45) is 5.92 Å². The highest BCUT2D eigenvalue weighted by atomic mass is 16.5. The summed E-state index contributed by atoms with van der Waals surface area (Å²) in [5, 5.41) is 3.48. The van der Waals surface area contributed by atoms with E-state index >= 15 is 0 Å². The third-order valence-electron chi connectivity index (χ3n) is 4.23. The van der Waals surface area contributed by atoms with E-state index in [9.17, 15) is 0 Å². The van der Waals surface area contributed by atoms with Crippen molar-refractivity contribution >= 4 is 0 Å². The van der Waals surface area contributed by atoms with Crippen LogP contribution in [0, 0.1) is 5.92 Å². The topological polar surface area (TPSA) is 30.5 Å². The molecule has 1 N–H and O–H groups in total. The van der Waals surface area contributed by atoms with E-state index in [4.69, 9.17) is 9.47 Å². The molecule has 0 saturated carbocycles. The van der Waals surface area contributed by atoms with Crippen molar-refractivity contribution in [3.05, 3.63) is 0 Å². The molecule has 2 rings (SSSR count).